The molecule has 1 aromatic heterocycles. The number of hydrogen-bond donors (Lipinski definition) is 2. The van der Waals surface area contributed by atoms with E-state index in [2.05, 4.69) is 52.3 Å². The number of fused-ring (bicyclic) bond motifs is 1. The molecule has 4 nitrogen and oxygen atoms in total. The minimum atomic E-state index is 0.206. The summed E-state index contributed by atoms with van der Waals surface area (Å²) in [5.41, 5.74) is 8.89. The van der Waals surface area contributed by atoms with Crippen molar-refractivity contribution in [3.05, 3.63) is 36.0 Å². The molecule has 0 aliphatic carbocycles. The Hall–Kier alpha value is -1.36. The Balaban J connectivity index is 1.60. The van der Waals surface area contributed by atoms with E-state index in [1.165, 1.54) is 16.5 Å². The zero-order valence-corrected chi connectivity index (χ0v) is 12.2. The number of H-pyrrole nitrogens is 1. The van der Waals surface area contributed by atoms with Gasteiger partial charge in [-0.05, 0) is 25.1 Å². The first kappa shape index (κ1) is 13.6. The molecule has 0 bridgehead atoms. The fourth-order valence-electron chi connectivity index (χ4n) is 3.01. The van der Waals surface area contributed by atoms with Crippen molar-refractivity contribution >= 4 is 10.9 Å². The molecule has 108 valence electrons. The van der Waals surface area contributed by atoms with Crippen LogP contribution >= 0.6 is 0 Å². The van der Waals surface area contributed by atoms with Crippen molar-refractivity contribution in [2.45, 2.75) is 12.5 Å². The third-order valence-electron chi connectivity index (χ3n) is 4.25. The van der Waals surface area contributed by atoms with Gasteiger partial charge in [-0.3, -0.25) is 4.90 Å². The van der Waals surface area contributed by atoms with Crippen molar-refractivity contribution in [2.75, 3.05) is 39.8 Å². The lowest BCUT2D eigenvalue weighted by atomic mass is 10.0. The monoisotopic (exact) mass is 272 g/mol. The Morgan fingerprint density at radius 1 is 1.20 bits per heavy atom. The molecule has 3 N–H and O–H groups in total. The minimum Gasteiger partial charge on any atom is -0.361 e. The first-order valence-corrected chi connectivity index (χ1v) is 7.44. The van der Waals surface area contributed by atoms with E-state index in [9.17, 15) is 0 Å². The Morgan fingerprint density at radius 3 is 2.75 bits per heavy atom. The molecule has 1 saturated heterocycles. The van der Waals surface area contributed by atoms with Crippen molar-refractivity contribution in [2.24, 2.45) is 5.73 Å². The molecule has 1 aromatic carbocycles. The normalized spacial score (nSPS) is 19.5. The number of nitrogens with one attached hydrogen (secondary N) is 1. The summed E-state index contributed by atoms with van der Waals surface area (Å²) in [4.78, 5) is 8.19. The van der Waals surface area contributed by atoms with Crippen LogP contribution < -0.4 is 5.73 Å². The molecule has 2 heterocycles. The van der Waals surface area contributed by atoms with Gasteiger partial charge >= 0.3 is 0 Å². The molecule has 1 aliphatic heterocycles. The molecule has 4 heteroatoms. The van der Waals surface area contributed by atoms with Crippen LogP contribution in [0.1, 0.15) is 5.56 Å². The average molecular weight is 272 g/mol. The Morgan fingerprint density at radius 2 is 1.95 bits per heavy atom. The SMILES string of the molecule is CN1CCN(C[C@@H](N)Cc2c[nH]c3ccccc23)CC1. The van der Waals surface area contributed by atoms with E-state index in [1.807, 2.05) is 0 Å². The molecular weight excluding hydrogens is 248 g/mol. The molecule has 1 aliphatic rings. The number of para-hydroxylation sites is 1. The number of nitrogens with zero attached hydrogens (tertiary/aromatic N) is 2. The van der Waals surface area contributed by atoms with E-state index in [1.54, 1.807) is 0 Å². The van der Waals surface area contributed by atoms with Gasteiger partial charge in [0.2, 0.25) is 0 Å². The highest BCUT2D eigenvalue weighted by Crippen LogP contribution is 2.19. The van der Waals surface area contributed by atoms with Crippen LogP contribution in [0.3, 0.4) is 0 Å². The smallest absolute Gasteiger partial charge is 0.0456 e. The zero-order valence-electron chi connectivity index (χ0n) is 12.2. The van der Waals surface area contributed by atoms with Crippen LogP contribution in [-0.2, 0) is 6.42 Å². The average Bonchev–Trinajstić information content (AvgIpc) is 2.85. The first-order valence-electron chi connectivity index (χ1n) is 7.44. The number of likely N-dealkylation sites (N-methyl/N-ethyl adjacent to an activating group) is 1. The second-order valence-electron chi connectivity index (χ2n) is 5.93. The molecule has 0 amide bonds. The lowest BCUT2D eigenvalue weighted by Crippen LogP contribution is -2.49. The Bertz CT molecular complexity index is 554. The molecule has 2 aromatic rings. The van der Waals surface area contributed by atoms with Crippen molar-refractivity contribution in [3.63, 3.8) is 0 Å². The van der Waals surface area contributed by atoms with Crippen LogP contribution in [0, 0.1) is 0 Å². The number of piperazine rings is 1. The van der Waals surface area contributed by atoms with Gasteiger partial charge < -0.3 is 15.6 Å². The molecule has 1 atom stereocenters. The van der Waals surface area contributed by atoms with Gasteiger partial charge in [0.15, 0.2) is 0 Å². The van der Waals surface area contributed by atoms with Crippen LogP contribution in [0.4, 0.5) is 0 Å². The summed E-state index contributed by atoms with van der Waals surface area (Å²) in [6, 6.07) is 8.64. The summed E-state index contributed by atoms with van der Waals surface area (Å²) in [5, 5.41) is 1.31. The lowest BCUT2D eigenvalue weighted by molar-refractivity contribution is 0.147. The summed E-state index contributed by atoms with van der Waals surface area (Å²) >= 11 is 0. The maximum atomic E-state index is 6.35. The van der Waals surface area contributed by atoms with Gasteiger partial charge in [0.25, 0.3) is 0 Å². The summed E-state index contributed by atoms with van der Waals surface area (Å²) in [6.07, 6.45) is 3.05. The van der Waals surface area contributed by atoms with Gasteiger partial charge in [-0.25, -0.2) is 0 Å². The molecule has 3 rings (SSSR count). The number of aromatic nitrogens is 1. The van der Waals surface area contributed by atoms with Crippen molar-refractivity contribution in [1.82, 2.24) is 14.8 Å². The molecule has 0 radical (unpaired) electrons. The second-order valence-corrected chi connectivity index (χ2v) is 5.93. The maximum absolute atomic E-state index is 6.35. The van der Waals surface area contributed by atoms with Crippen molar-refractivity contribution in [1.29, 1.82) is 0 Å². The third kappa shape index (κ3) is 3.03. The highest BCUT2D eigenvalue weighted by Gasteiger charge is 2.17. The van der Waals surface area contributed by atoms with Crippen molar-refractivity contribution < 1.29 is 0 Å². The highest BCUT2D eigenvalue weighted by molar-refractivity contribution is 5.83. The van der Waals surface area contributed by atoms with E-state index in [0.717, 1.165) is 39.1 Å². The van der Waals surface area contributed by atoms with Gasteiger partial charge in [-0.2, -0.15) is 0 Å². The van der Waals surface area contributed by atoms with Gasteiger partial charge in [-0.15, -0.1) is 0 Å². The summed E-state index contributed by atoms with van der Waals surface area (Å²) in [7, 11) is 2.18. The predicted molar refractivity (Wildman–Crippen MR) is 83.9 cm³/mol. The summed E-state index contributed by atoms with van der Waals surface area (Å²) < 4.78 is 0. The Kier molecular flexibility index (Phi) is 4.05. The third-order valence-corrected chi connectivity index (χ3v) is 4.25. The van der Waals surface area contributed by atoms with E-state index in [4.69, 9.17) is 5.73 Å². The largest absolute Gasteiger partial charge is 0.361 e. The standard InChI is InChI=1S/C16H24N4/c1-19-6-8-20(9-7-19)12-14(17)10-13-11-18-16-5-3-2-4-15(13)16/h2-5,11,14,18H,6-10,12,17H2,1H3/t14-/m0/s1. The van der Waals surface area contributed by atoms with E-state index < -0.39 is 0 Å². The molecule has 0 unspecified atom stereocenters. The van der Waals surface area contributed by atoms with Gasteiger partial charge in [0.05, 0.1) is 0 Å². The maximum Gasteiger partial charge on any atom is 0.0456 e. The number of hydrogen-bond acceptors (Lipinski definition) is 3. The lowest BCUT2D eigenvalue weighted by Gasteiger charge is -2.33. The van der Waals surface area contributed by atoms with Gasteiger partial charge in [0, 0.05) is 55.9 Å². The highest BCUT2D eigenvalue weighted by atomic mass is 15.2. The Labute approximate surface area is 120 Å². The van der Waals surface area contributed by atoms with Crippen molar-refractivity contribution in [3.8, 4) is 0 Å². The molecule has 1 fully saturated rings. The quantitative estimate of drug-likeness (QED) is 0.881. The number of aromatic amines is 1. The first-order chi connectivity index (χ1) is 9.72. The predicted octanol–water partition coefficient (Wildman–Crippen LogP) is 1.29. The molecule has 0 spiro atoms. The molecule has 20 heavy (non-hydrogen) atoms. The van der Waals surface area contributed by atoms with E-state index >= 15 is 0 Å². The van der Waals surface area contributed by atoms with E-state index in [-0.39, 0.29) is 6.04 Å². The topological polar surface area (TPSA) is 48.3 Å². The van der Waals surface area contributed by atoms with Crippen LogP contribution in [0.25, 0.3) is 10.9 Å². The fraction of sp³-hybridized carbons (Fsp3) is 0.500. The van der Waals surface area contributed by atoms with Gasteiger partial charge in [0.1, 0.15) is 0 Å². The van der Waals surface area contributed by atoms with Crippen LogP contribution in [0.2, 0.25) is 0 Å². The zero-order chi connectivity index (χ0) is 13.9. The summed E-state index contributed by atoms with van der Waals surface area (Å²) in [5.74, 6) is 0. The molecular formula is C16H24N4. The van der Waals surface area contributed by atoms with Crippen LogP contribution in [0.15, 0.2) is 30.5 Å². The molecule has 0 saturated carbocycles. The number of benzene rings is 1. The van der Waals surface area contributed by atoms with Crippen LogP contribution in [-0.4, -0.2) is 60.6 Å². The fourth-order valence-corrected chi connectivity index (χ4v) is 3.01. The van der Waals surface area contributed by atoms with Crippen LogP contribution in [0.5, 0.6) is 0 Å². The number of rotatable bonds is 4. The second kappa shape index (κ2) is 5.95. The van der Waals surface area contributed by atoms with Gasteiger partial charge in [-0.1, -0.05) is 18.2 Å². The van der Waals surface area contributed by atoms with E-state index in [0.29, 0.717) is 0 Å². The number of nitrogens with two attached hydrogens (primary N) is 1. The minimum absolute atomic E-state index is 0.206. The summed E-state index contributed by atoms with van der Waals surface area (Å²) in [6.45, 7) is 5.57.